The summed E-state index contributed by atoms with van der Waals surface area (Å²) in [6, 6.07) is 13.1. The zero-order chi connectivity index (χ0) is 12.3. The van der Waals surface area contributed by atoms with Gasteiger partial charge in [0.15, 0.2) is 0 Å². The summed E-state index contributed by atoms with van der Waals surface area (Å²) in [5.74, 6) is 0.259. The molecule has 0 saturated carbocycles. The molecule has 0 amide bonds. The number of rotatable bonds is 2. The Hall–Kier alpha value is -2.09. The molecule has 86 valence electrons. The molecule has 0 unspecified atom stereocenters. The maximum Gasteiger partial charge on any atom is 0.116 e. The largest absolute Gasteiger partial charge is 0.508 e. The van der Waals surface area contributed by atoms with Gasteiger partial charge in [0.05, 0.1) is 5.69 Å². The maximum atomic E-state index is 9.35. The number of phenols is 1. The van der Waals surface area contributed by atoms with Crippen molar-refractivity contribution in [3.8, 4) is 5.75 Å². The molecule has 0 atom stereocenters. The van der Waals surface area contributed by atoms with Crippen LogP contribution in [0.3, 0.4) is 0 Å². The molecule has 0 spiro atoms. The highest BCUT2D eigenvalue weighted by atomic mass is 16.3. The van der Waals surface area contributed by atoms with E-state index in [0.717, 1.165) is 11.3 Å². The van der Waals surface area contributed by atoms with E-state index in [1.54, 1.807) is 24.4 Å². The third-order valence-corrected chi connectivity index (χ3v) is 2.80. The lowest BCUT2D eigenvalue weighted by molar-refractivity contribution is 0.475. The Morgan fingerprint density at radius 1 is 1.06 bits per heavy atom. The molecule has 2 heteroatoms. The highest BCUT2D eigenvalue weighted by Gasteiger charge is 1.97. The van der Waals surface area contributed by atoms with Gasteiger partial charge in [-0.2, -0.15) is 0 Å². The minimum absolute atomic E-state index is 0.259. The molecule has 0 radical (unpaired) electrons. The second-order valence-corrected chi connectivity index (χ2v) is 4.07. The minimum atomic E-state index is 0.259. The number of hydrogen-bond acceptors (Lipinski definition) is 2. The normalized spacial score (nSPS) is 10.9. The molecule has 0 aliphatic rings. The summed E-state index contributed by atoms with van der Waals surface area (Å²) >= 11 is 0. The van der Waals surface area contributed by atoms with Crippen LogP contribution in [0.1, 0.15) is 16.7 Å². The van der Waals surface area contributed by atoms with Crippen LogP contribution >= 0.6 is 0 Å². The molecule has 0 fully saturated rings. The average Bonchev–Trinajstić information content (AvgIpc) is 2.31. The van der Waals surface area contributed by atoms with Gasteiger partial charge in [-0.3, -0.25) is 4.99 Å². The fraction of sp³-hybridized carbons (Fsp3) is 0.133. The Morgan fingerprint density at radius 2 is 1.82 bits per heavy atom. The van der Waals surface area contributed by atoms with E-state index >= 15 is 0 Å². The third kappa shape index (κ3) is 2.72. The average molecular weight is 225 g/mol. The van der Waals surface area contributed by atoms with E-state index < -0.39 is 0 Å². The highest BCUT2D eigenvalue weighted by Crippen LogP contribution is 2.21. The molecule has 0 aliphatic carbocycles. The van der Waals surface area contributed by atoms with Crippen molar-refractivity contribution in [1.29, 1.82) is 0 Å². The van der Waals surface area contributed by atoms with Crippen molar-refractivity contribution in [3.05, 3.63) is 59.2 Å². The topological polar surface area (TPSA) is 32.6 Å². The van der Waals surface area contributed by atoms with Crippen LogP contribution in [0.2, 0.25) is 0 Å². The second kappa shape index (κ2) is 4.83. The van der Waals surface area contributed by atoms with Crippen molar-refractivity contribution in [1.82, 2.24) is 0 Å². The zero-order valence-electron chi connectivity index (χ0n) is 10.0. The number of benzene rings is 2. The Morgan fingerprint density at radius 3 is 2.59 bits per heavy atom. The van der Waals surface area contributed by atoms with Gasteiger partial charge in [0.25, 0.3) is 0 Å². The van der Waals surface area contributed by atoms with E-state index in [9.17, 15) is 5.11 Å². The van der Waals surface area contributed by atoms with Crippen LogP contribution in [0.25, 0.3) is 0 Å². The van der Waals surface area contributed by atoms with Gasteiger partial charge in [-0.15, -0.1) is 0 Å². The van der Waals surface area contributed by atoms with E-state index in [1.165, 1.54) is 11.1 Å². The first-order valence-electron chi connectivity index (χ1n) is 5.56. The first kappa shape index (κ1) is 11.4. The van der Waals surface area contributed by atoms with Crippen LogP contribution < -0.4 is 0 Å². The van der Waals surface area contributed by atoms with E-state index in [4.69, 9.17) is 0 Å². The monoisotopic (exact) mass is 225 g/mol. The highest BCUT2D eigenvalue weighted by molar-refractivity contribution is 5.82. The summed E-state index contributed by atoms with van der Waals surface area (Å²) in [4.78, 5) is 4.44. The molecule has 0 saturated heterocycles. The Bertz CT molecular complexity index is 559. The second-order valence-electron chi connectivity index (χ2n) is 4.07. The molecule has 0 aromatic heterocycles. The SMILES string of the molecule is Cc1cccc(N=Cc2cccc(O)c2)c1C. The van der Waals surface area contributed by atoms with Crippen molar-refractivity contribution >= 4 is 11.9 Å². The number of nitrogens with zero attached hydrogens (tertiary/aromatic N) is 1. The quantitative estimate of drug-likeness (QED) is 0.775. The molecule has 0 bridgehead atoms. The lowest BCUT2D eigenvalue weighted by Gasteiger charge is -2.03. The van der Waals surface area contributed by atoms with Crippen LogP contribution in [0.15, 0.2) is 47.5 Å². The van der Waals surface area contributed by atoms with Gasteiger partial charge in [0, 0.05) is 6.21 Å². The van der Waals surface area contributed by atoms with Crippen molar-refractivity contribution in [2.24, 2.45) is 4.99 Å². The van der Waals surface area contributed by atoms with Gasteiger partial charge in [-0.05, 0) is 48.7 Å². The van der Waals surface area contributed by atoms with Crippen molar-refractivity contribution in [2.45, 2.75) is 13.8 Å². The molecule has 2 aromatic rings. The lowest BCUT2D eigenvalue weighted by atomic mass is 10.1. The first-order valence-corrected chi connectivity index (χ1v) is 5.56. The van der Waals surface area contributed by atoms with Crippen LogP contribution in [0, 0.1) is 13.8 Å². The summed E-state index contributed by atoms with van der Waals surface area (Å²) in [5, 5.41) is 9.35. The fourth-order valence-electron chi connectivity index (χ4n) is 1.62. The van der Waals surface area contributed by atoms with Gasteiger partial charge in [-0.25, -0.2) is 0 Å². The number of phenolic OH excluding ortho intramolecular Hbond substituents is 1. The number of hydrogen-bond donors (Lipinski definition) is 1. The molecule has 0 aliphatic heterocycles. The van der Waals surface area contributed by atoms with Gasteiger partial charge >= 0.3 is 0 Å². The molecule has 2 aromatic carbocycles. The van der Waals surface area contributed by atoms with Crippen molar-refractivity contribution in [2.75, 3.05) is 0 Å². The van der Waals surface area contributed by atoms with Crippen molar-refractivity contribution in [3.63, 3.8) is 0 Å². The third-order valence-electron chi connectivity index (χ3n) is 2.80. The predicted molar refractivity (Wildman–Crippen MR) is 71.3 cm³/mol. The molecule has 1 N–H and O–H groups in total. The van der Waals surface area contributed by atoms with Crippen molar-refractivity contribution < 1.29 is 5.11 Å². The minimum Gasteiger partial charge on any atom is -0.508 e. The molecular formula is C15H15NO. The Kier molecular flexibility index (Phi) is 3.24. The van der Waals surface area contributed by atoms with Crippen LogP contribution in [-0.4, -0.2) is 11.3 Å². The van der Waals surface area contributed by atoms with Gasteiger partial charge in [0.2, 0.25) is 0 Å². The van der Waals surface area contributed by atoms with Crippen LogP contribution in [0.4, 0.5) is 5.69 Å². The van der Waals surface area contributed by atoms with Crippen LogP contribution in [0.5, 0.6) is 5.75 Å². The standard InChI is InChI=1S/C15H15NO/c1-11-5-3-8-15(12(11)2)16-10-13-6-4-7-14(17)9-13/h3-10,17H,1-2H3. The molecular weight excluding hydrogens is 210 g/mol. The zero-order valence-corrected chi connectivity index (χ0v) is 10.0. The molecule has 17 heavy (non-hydrogen) atoms. The lowest BCUT2D eigenvalue weighted by Crippen LogP contribution is -1.83. The number of aromatic hydroxyl groups is 1. The summed E-state index contributed by atoms with van der Waals surface area (Å²) < 4.78 is 0. The van der Waals surface area contributed by atoms with Gasteiger partial charge < -0.3 is 5.11 Å². The molecule has 2 rings (SSSR count). The van der Waals surface area contributed by atoms with Gasteiger partial charge in [-0.1, -0.05) is 24.3 Å². The number of aliphatic imine (C=N–C) groups is 1. The van der Waals surface area contributed by atoms with E-state index in [0.29, 0.717) is 0 Å². The summed E-state index contributed by atoms with van der Waals surface area (Å²) in [5.41, 5.74) is 4.28. The summed E-state index contributed by atoms with van der Waals surface area (Å²) in [6.07, 6.45) is 1.77. The fourth-order valence-corrected chi connectivity index (χ4v) is 1.62. The maximum absolute atomic E-state index is 9.35. The summed E-state index contributed by atoms with van der Waals surface area (Å²) in [7, 11) is 0. The summed E-state index contributed by atoms with van der Waals surface area (Å²) in [6.45, 7) is 4.13. The smallest absolute Gasteiger partial charge is 0.116 e. The molecule has 0 heterocycles. The van der Waals surface area contributed by atoms with Crippen LogP contribution in [-0.2, 0) is 0 Å². The van der Waals surface area contributed by atoms with E-state index in [1.807, 2.05) is 18.2 Å². The van der Waals surface area contributed by atoms with Gasteiger partial charge in [0.1, 0.15) is 5.75 Å². The number of aryl methyl sites for hydroxylation is 1. The Labute approximate surface area is 101 Å². The van der Waals surface area contributed by atoms with E-state index in [2.05, 4.69) is 24.9 Å². The predicted octanol–water partition coefficient (Wildman–Crippen LogP) is 3.76. The first-order chi connectivity index (χ1) is 8.16. The van der Waals surface area contributed by atoms with E-state index in [-0.39, 0.29) is 5.75 Å². The Balaban J connectivity index is 2.29. The molecule has 2 nitrogen and oxygen atoms in total.